The van der Waals surface area contributed by atoms with E-state index in [0.29, 0.717) is 12.2 Å². The molecule has 0 saturated heterocycles. The summed E-state index contributed by atoms with van der Waals surface area (Å²) < 4.78 is 34.6. The number of unbranched alkanes of at least 4 members (excludes halogenated alkanes) is 1. The van der Waals surface area contributed by atoms with Gasteiger partial charge in [0.05, 0.1) is 6.10 Å². The number of hydrogen-bond donors (Lipinski definition) is 2. The van der Waals surface area contributed by atoms with Gasteiger partial charge in [-0.15, -0.1) is 0 Å². The van der Waals surface area contributed by atoms with Crippen LogP contribution >= 0.6 is 0 Å². The molecule has 0 radical (unpaired) electrons. The molecule has 2 N–H and O–H groups in total. The number of ether oxygens (including phenoxy) is 1. The van der Waals surface area contributed by atoms with Crippen molar-refractivity contribution in [2.24, 2.45) is 0 Å². The lowest BCUT2D eigenvalue weighted by atomic mass is 9.85. The van der Waals surface area contributed by atoms with Crippen LogP contribution in [0.15, 0.2) is 24.3 Å². The number of rotatable bonds is 11. The second kappa shape index (κ2) is 10.8. The van der Waals surface area contributed by atoms with E-state index in [-0.39, 0.29) is 23.6 Å². The van der Waals surface area contributed by atoms with Crippen LogP contribution in [0.25, 0.3) is 0 Å². The van der Waals surface area contributed by atoms with Crippen molar-refractivity contribution in [2.75, 3.05) is 25.5 Å². The van der Waals surface area contributed by atoms with Crippen molar-refractivity contribution in [1.29, 1.82) is 0 Å². The molecular formula is C28H35F2N3O3. The van der Waals surface area contributed by atoms with Crippen molar-refractivity contribution in [1.82, 2.24) is 9.88 Å². The number of hydrogen-bond acceptors (Lipinski definition) is 5. The minimum Gasteiger partial charge on any atom is -0.480 e. The molecule has 2 heterocycles. The number of carboxylic acid groups (broad SMARTS) is 1. The summed E-state index contributed by atoms with van der Waals surface area (Å²) in [6.45, 7) is 1.65. The summed E-state index contributed by atoms with van der Waals surface area (Å²) in [5.41, 5.74) is 3.02. The van der Waals surface area contributed by atoms with Crippen LogP contribution in [-0.4, -0.2) is 53.3 Å². The zero-order valence-corrected chi connectivity index (χ0v) is 20.8. The Morgan fingerprint density at radius 2 is 2.06 bits per heavy atom. The molecule has 2 saturated carbocycles. The maximum Gasteiger partial charge on any atom is 0.325 e. The van der Waals surface area contributed by atoms with E-state index in [1.165, 1.54) is 11.6 Å². The number of pyridine rings is 1. The molecule has 0 spiro atoms. The van der Waals surface area contributed by atoms with Crippen LogP contribution < -0.4 is 5.32 Å². The molecular weight excluding hydrogens is 464 g/mol. The Bertz CT molecular complexity index is 1100. The number of aliphatic carboxylic acids is 1. The molecule has 2 aromatic rings. The van der Waals surface area contributed by atoms with Crippen molar-refractivity contribution in [2.45, 2.75) is 81.9 Å². The van der Waals surface area contributed by atoms with Crippen molar-refractivity contribution < 1.29 is 23.4 Å². The molecule has 1 aromatic carbocycles. The first kappa shape index (κ1) is 25.1. The number of anilines is 1. The van der Waals surface area contributed by atoms with Crippen LogP contribution in [0.4, 0.5) is 14.6 Å². The summed E-state index contributed by atoms with van der Waals surface area (Å²) in [5, 5.41) is 13.3. The number of carboxylic acids is 1. The standard InChI is InChI=1S/C28H35F2N3O3/c1-33(26(28(34)35)23-13-19(29)14-24(30)25(23)17-7-8-17)21-15-22(16-21)36-12-3-2-6-20-10-9-18-5-4-11-31-27(18)32-20/h9-10,13-14,17,21-22,26H,2-8,11-12,15-16H2,1H3,(H,31,32)(H,34,35)/t21?,22?,26-/m1/s1. The molecule has 8 heteroatoms. The average Bonchev–Trinajstić information content (AvgIpc) is 3.64. The largest absolute Gasteiger partial charge is 0.480 e. The van der Waals surface area contributed by atoms with E-state index in [2.05, 4.69) is 17.4 Å². The molecule has 36 heavy (non-hydrogen) atoms. The van der Waals surface area contributed by atoms with Crippen molar-refractivity contribution in [3.8, 4) is 0 Å². The molecule has 6 nitrogen and oxygen atoms in total. The number of likely N-dealkylation sites (N-methyl/N-ethyl adjacent to an activating group) is 1. The molecule has 2 aliphatic carbocycles. The van der Waals surface area contributed by atoms with Gasteiger partial charge in [-0.2, -0.15) is 0 Å². The summed E-state index contributed by atoms with van der Waals surface area (Å²) >= 11 is 0. The third-order valence-corrected chi connectivity index (χ3v) is 7.83. The maximum absolute atomic E-state index is 14.6. The predicted molar refractivity (Wildman–Crippen MR) is 133 cm³/mol. The molecule has 5 rings (SSSR count). The monoisotopic (exact) mass is 499 g/mol. The predicted octanol–water partition coefficient (Wildman–Crippen LogP) is 5.22. The molecule has 1 atom stereocenters. The molecule has 3 aliphatic rings. The van der Waals surface area contributed by atoms with Gasteiger partial charge in [-0.05, 0) is 99.6 Å². The van der Waals surface area contributed by atoms with Crippen molar-refractivity contribution in [3.05, 3.63) is 58.3 Å². The second-order valence-corrected chi connectivity index (χ2v) is 10.5. The molecule has 0 amide bonds. The van der Waals surface area contributed by atoms with Gasteiger partial charge in [0.25, 0.3) is 0 Å². The number of halogens is 2. The van der Waals surface area contributed by atoms with Gasteiger partial charge in [-0.1, -0.05) is 6.07 Å². The molecule has 1 aromatic heterocycles. The van der Waals surface area contributed by atoms with Crippen LogP contribution in [-0.2, 0) is 22.4 Å². The highest BCUT2D eigenvalue weighted by atomic mass is 19.1. The van der Waals surface area contributed by atoms with Crippen LogP contribution in [0.3, 0.4) is 0 Å². The van der Waals surface area contributed by atoms with E-state index in [1.54, 1.807) is 11.9 Å². The highest BCUT2D eigenvalue weighted by Gasteiger charge is 2.41. The summed E-state index contributed by atoms with van der Waals surface area (Å²) in [6.07, 6.45) is 8.25. The number of aryl methyl sites for hydroxylation is 2. The molecule has 0 bridgehead atoms. The zero-order chi connectivity index (χ0) is 25.2. The number of nitrogens with one attached hydrogen (secondary N) is 1. The number of fused-ring (bicyclic) bond motifs is 1. The minimum absolute atomic E-state index is 0.00155. The Kier molecular flexibility index (Phi) is 7.53. The van der Waals surface area contributed by atoms with Gasteiger partial charge in [-0.25, -0.2) is 13.8 Å². The second-order valence-electron chi connectivity index (χ2n) is 10.5. The summed E-state index contributed by atoms with van der Waals surface area (Å²) in [4.78, 5) is 18.7. The lowest BCUT2D eigenvalue weighted by molar-refractivity contribution is -0.146. The number of benzene rings is 1. The van der Waals surface area contributed by atoms with E-state index in [9.17, 15) is 18.7 Å². The van der Waals surface area contributed by atoms with E-state index in [0.717, 1.165) is 81.9 Å². The molecule has 2 fully saturated rings. The van der Waals surface area contributed by atoms with Gasteiger partial charge in [0, 0.05) is 31.0 Å². The number of aromatic nitrogens is 1. The molecule has 194 valence electrons. The van der Waals surface area contributed by atoms with Gasteiger partial charge >= 0.3 is 5.97 Å². The van der Waals surface area contributed by atoms with E-state index >= 15 is 0 Å². The fourth-order valence-corrected chi connectivity index (χ4v) is 5.54. The first-order valence-electron chi connectivity index (χ1n) is 13.2. The van der Waals surface area contributed by atoms with Crippen LogP contribution in [0.5, 0.6) is 0 Å². The molecule has 1 aliphatic heterocycles. The molecule has 0 unspecified atom stereocenters. The van der Waals surface area contributed by atoms with Gasteiger partial charge in [0.1, 0.15) is 23.5 Å². The number of nitrogens with zero attached hydrogens (tertiary/aromatic N) is 2. The Labute approximate surface area is 211 Å². The Balaban J connectivity index is 1.09. The minimum atomic E-state index is -1.08. The van der Waals surface area contributed by atoms with Crippen LogP contribution in [0, 0.1) is 11.6 Å². The van der Waals surface area contributed by atoms with Gasteiger partial charge in [0.15, 0.2) is 0 Å². The Morgan fingerprint density at radius 1 is 1.25 bits per heavy atom. The summed E-state index contributed by atoms with van der Waals surface area (Å²) in [6, 6.07) is 5.30. The van der Waals surface area contributed by atoms with E-state index in [1.807, 2.05) is 0 Å². The highest BCUT2D eigenvalue weighted by Crippen LogP contribution is 2.46. The van der Waals surface area contributed by atoms with Gasteiger partial charge < -0.3 is 15.2 Å². The average molecular weight is 500 g/mol. The smallest absolute Gasteiger partial charge is 0.325 e. The van der Waals surface area contributed by atoms with Crippen molar-refractivity contribution in [3.63, 3.8) is 0 Å². The lowest BCUT2D eigenvalue weighted by Gasteiger charge is -2.43. The van der Waals surface area contributed by atoms with Crippen LogP contribution in [0.2, 0.25) is 0 Å². The normalized spacial score (nSPS) is 22.0. The maximum atomic E-state index is 14.6. The quantitative estimate of drug-likeness (QED) is 0.413. The van der Waals surface area contributed by atoms with Crippen LogP contribution in [0.1, 0.15) is 79.3 Å². The summed E-state index contributed by atoms with van der Waals surface area (Å²) in [7, 11) is 1.74. The fraction of sp³-hybridized carbons (Fsp3) is 0.571. The van der Waals surface area contributed by atoms with E-state index < -0.39 is 23.6 Å². The first-order valence-corrected chi connectivity index (χ1v) is 13.2. The Hall–Kier alpha value is -2.58. The third kappa shape index (κ3) is 5.54. The van der Waals surface area contributed by atoms with Crippen molar-refractivity contribution >= 4 is 11.8 Å². The highest BCUT2D eigenvalue weighted by molar-refractivity contribution is 5.76. The van der Waals surface area contributed by atoms with Gasteiger partial charge in [-0.3, -0.25) is 9.69 Å². The lowest BCUT2D eigenvalue weighted by Crippen LogP contribution is -2.49. The third-order valence-electron chi connectivity index (χ3n) is 7.83. The topological polar surface area (TPSA) is 74.7 Å². The summed E-state index contributed by atoms with van der Waals surface area (Å²) in [5.74, 6) is -1.43. The SMILES string of the molecule is CN(C1CC(OCCCCc2ccc3c(n2)NCCC3)C1)[C@@H](C(=O)O)c1cc(F)cc(F)c1C1CC1. The number of carbonyl (C=O) groups is 1. The van der Waals surface area contributed by atoms with E-state index in [4.69, 9.17) is 9.72 Å². The first-order chi connectivity index (χ1) is 17.4. The Morgan fingerprint density at radius 3 is 2.81 bits per heavy atom. The fourth-order valence-electron chi connectivity index (χ4n) is 5.54. The zero-order valence-electron chi connectivity index (χ0n) is 20.8. The van der Waals surface area contributed by atoms with Gasteiger partial charge in [0.2, 0.25) is 0 Å².